The molecule has 3 aromatic rings. The third kappa shape index (κ3) is 4.95. The lowest BCUT2D eigenvalue weighted by molar-refractivity contribution is 0.224. The molecular weight excluding hydrogens is 333 g/mol. The van der Waals surface area contributed by atoms with Gasteiger partial charge in [-0.3, -0.25) is 4.90 Å². The first-order valence-electron chi connectivity index (χ1n) is 8.70. The van der Waals surface area contributed by atoms with Crippen molar-refractivity contribution >= 4 is 0 Å². The third-order valence-electron chi connectivity index (χ3n) is 4.27. The van der Waals surface area contributed by atoms with E-state index in [1.54, 1.807) is 25.4 Å². The van der Waals surface area contributed by atoms with E-state index in [1.807, 2.05) is 36.1 Å². The Hall–Kier alpha value is -2.60. The third-order valence-corrected chi connectivity index (χ3v) is 4.27. The number of methoxy groups -OCH3 is 1. The van der Waals surface area contributed by atoms with Crippen LogP contribution in [0.5, 0.6) is 5.75 Å². The van der Waals surface area contributed by atoms with E-state index in [0.717, 1.165) is 31.0 Å². The monoisotopic (exact) mass is 357 g/mol. The maximum atomic E-state index is 14.2. The average molecular weight is 357 g/mol. The molecule has 2 aromatic heterocycles. The summed E-state index contributed by atoms with van der Waals surface area (Å²) >= 11 is 0. The highest BCUT2D eigenvalue weighted by molar-refractivity contribution is 5.29. The molecule has 26 heavy (non-hydrogen) atoms. The van der Waals surface area contributed by atoms with Gasteiger partial charge in [0, 0.05) is 37.6 Å². The summed E-state index contributed by atoms with van der Waals surface area (Å²) in [5.41, 5.74) is 0.621. The molecule has 0 bridgehead atoms. The lowest BCUT2D eigenvalue weighted by atomic mass is 10.1. The van der Waals surface area contributed by atoms with Crippen molar-refractivity contribution < 1.29 is 13.5 Å². The quantitative estimate of drug-likeness (QED) is 0.580. The molecule has 0 aliphatic heterocycles. The van der Waals surface area contributed by atoms with Crippen LogP contribution in [0.2, 0.25) is 0 Å². The van der Waals surface area contributed by atoms with E-state index >= 15 is 0 Å². The number of aryl methyl sites for hydroxylation is 2. The van der Waals surface area contributed by atoms with E-state index in [0.29, 0.717) is 24.4 Å². The fourth-order valence-corrected chi connectivity index (χ4v) is 2.94. The van der Waals surface area contributed by atoms with Gasteiger partial charge in [-0.05, 0) is 43.7 Å². The van der Waals surface area contributed by atoms with Gasteiger partial charge in [-0.1, -0.05) is 0 Å². The van der Waals surface area contributed by atoms with Crippen molar-refractivity contribution in [2.45, 2.75) is 33.0 Å². The van der Waals surface area contributed by atoms with E-state index in [1.165, 1.54) is 6.07 Å². The molecule has 0 aliphatic rings. The number of nitrogens with zero attached hydrogens (tertiary/aromatic N) is 3. The van der Waals surface area contributed by atoms with Crippen LogP contribution in [0.15, 0.2) is 53.5 Å². The van der Waals surface area contributed by atoms with Crippen molar-refractivity contribution in [3.8, 4) is 5.75 Å². The maximum absolute atomic E-state index is 14.2. The Morgan fingerprint density at radius 2 is 2.12 bits per heavy atom. The lowest BCUT2D eigenvalue weighted by Gasteiger charge is -2.22. The fourth-order valence-electron chi connectivity index (χ4n) is 2.94. The van der Waals surface area contributed by atoms with Crippen molar-refractivity contribution in [3.63, 3.8) is 0 Å². The molecule has 0 fully saturated rings. The van der Waals surface area contributed by atoms with Crippen LogP contribution in [-0.2, 0) is 19.6 Å². The van der Waals surface area contributed by atoms with Crippen LogP contribution in [0.25, 0.3) is 0 Å². The van der Waals surface area contributed by atoms with Gasteiger partial charge in [0.2, 0.25) is 0 Å². The molecule has 0 saturated heterocycles. The number of halogens is 1. The molecule has 5 nitrogen and oxygen atoms in total. The highest BCUT2D eigenvalue weighted by Gasteiger charge is 2.13. The Balaban J connectivity index is 1.69. The van der Waals surface area contributed by atoms with Gasteiger partial charge >= 0.3 is 0 Å². The van der Waals surface area contributed by atoms with Crippen molar-refractivity contribution in [2.24, 2.45) is 0 Å². The summed E-state index contributed by atoms with van der Waals surface area (Å²) in [6.45, 7) is 4.73. The summed E-state index contributed by atoms with van der Waals surface area (Å²) in [4.78, 5) is 6.25. The minimum absolute atomic E-state index is 0.221. The zero-order valence-corrected chi connectivity index (χ0v) is 15.2. The molecule has 0 aliphatic carbocycles. The Bertz CT molecular complexity index is 814. The highest BCUT2D eigenvalue weighted by atomic mass is 19.1. The molecule has 0 spiro atoms. The molecule has 0 unspecified atom stereocenters. The van der Waals surface area contributed by atoms with E-state index in [9.17, 15) is 4.39 Å². The van der Waals surface area contributed by atoms with Crippen LogP contribution < -0.4 is 4.74 Å². The summed E-state index contributed by atoms with van der Waals surface area (Å²) in [5, 5.41) is 0. The molecule has 0 saturated carbocycles. The zero-order valence-electron chi connectivity index (χ0n) is 15.2. The fraction of sp³-hybridized carbons (Fsp3) is 0.350. The molecule has 0 N–H and O–H groups in total. The number of ether oxygens (including phenoxy) is 1. The molecule has 0 atom stereocenters. The van der Waals surface area contributed by atoms with Gasteiger partial charge in [-0.25, -0.2) is 9.37 Å². The van der Waals surface area contributed by atoms with Crippen molar-refractivity contribution in [2.75, 3.05) is 13.7 Å². The topological polar surface area (TPSA) is 43.4 Å². The molecule has 0 radical (unpaired) electrons. The largest absolute Gasteiger partial charge is 0.497 e. The van der Waals surface area contributed by atoms with Crippen molar-refractivity contribution in [1.29, 1.82) is 0 Å². The number of rotatable bonds is 9. The minimum Gasteiger partial charge on any atom is -0.497 e. The summed E-state index contributed by atoms with van der Waals surface area (Å²) in [7, 11) is 1.59. The zero-order chi connectivity index (χ0) is 18.4. The van der Waals surface area contributed by atoms with Crippen molar-refractivity contribution in [1.82, 2.24) is 14.5 Å². The SMILES string of the molecule is COc1ccc(F)c(CN(CCCn2ccnc2)Cc2ccc(C)o2)c1. The molecule has 1 aromatic carbocycles. The first-order valence-corrected chi connectivity index (χ1v) is 8.70. The lowest BCUT2D eigenvalue weighted by Crippen LogP contribution is -2.25. The van der Waals surface area contributed by atoms with Gasteiger partial charge in [0.1, 0.15) is 23.1 Å². The van der Waals surface area contributed by atoms with Gasteiger partial charge in [-0.15, -0.1) is 0 Å². The van der Waals surface area contributed by atoms with Crippen LogP contribution in [0, 0.1) is 12.7 Å². The molecular formula is C20H24FN3O2. The second-order valence-electron chi connectivity index (χ2n) is 6.33. The minimum atomic E-state index is -0.221. The summed E-state index contributed by atoms with van der Waals surface area (Å²) in [6.07, 6.45) is 6.46. The molecule has 2 heterocycles. The summed E-state index contributed by atoms with van der Waals surface area (Å²) in [5.74, 6) is 2.20. The molecule has 0 amide bonds. The summed E-state index contributed by atoms with van der Waals surface area (Å²) in [6, 6.07) is 8.77. The van der Waals surface area contributed by atoms with Gasteiger partial charge in [0.15, 0.2) is 0 Å². The predicted octanol–water partition coefficient (Wildman–Crippen LogP) is 4.02. The number of imidazole rings is 1. The Morgan fingerprint density at radius 1 is 1.23 bits per heavy atom. The smallest absolute Gasteiger partial charge is 0.127 e. The van der Waals surface area contributed by atoms with Crippen LogP contribution >= 0.6 is 0 Å². The normalized spacial score (nSPS) is 11.2. The van der Waals surface area contributed by atoms with Crippen LogP contribution in [0.3, 0.4) is 0 Å². The van der Waals surface area contributed by atoms with E-state index in [2.05, 4.69) is 9.88 Å². The van der Waals surface area contributed by atoms with Gasteiger partial charge in [0.05, 0.1) is 20.0 Å². The van der Waals surface area contributed by atoms with E-state index in [-0.39, 0.29) is 5.82 Å². The molecule has 138 valence electrons. The number of hydrogen-bond acceptors (Lipinski definition) is 4. The molecule has 3 rings (SSSR count). The number of aromatic nitrogens is 2. The summed E-state index contributed by atoms with van der Waals surface area (Å²) < 4.78 is 27.2. The first-order chi connectivity index (χ1) is 12.6. The van der Waals surface area contributed by atoms with Gasteiger partial charge in [0.25, 0.3) is 0 Å². The van der Waals surface area contributed by atoms with Gasteiger partial charge < -0.3 is 13.7 Å². The van der Waals surface area contributed by atoms with E-state index < -0.39 is 0 Å². The standard InChI is InChI=1S/C20H24FN3O2/c1-16-4-5-19(26-16)14-24(10-3-9-23-11-8-22-15-23)13-17-12-18(25-2)6-7-20(17)21/h4-8,11-12,15H,3,9-10,13-14H2,1-2H3. The Kier molecular flexibility index (Phi) is 6.07. The van der Waals surface area contributed by atoms with Gasteiger partial charge in [-0.2, -0.15) is 0 Å². The maximum Gasteiger partial charge on any atom is 0.127 e. The van der Waals surface area contributed by atoms with Crippen molar-refractivity contribution in [3.05, 3.63) is 72.0 Å². The first kappa shape index (κ1) is 18.2. The number of benzene rings is 1. The van der Waals surface area contributed by atoms with E-state index in [4.69, 9.17) is 9.15 Å². The second-order valence-corrected chi connectivity index (χ2v) is 6.33. The predicted molar refractivity (Wildman–Crippen MR) is 97.4 cm³/mol. The Morgan fingerprint density at radius 3 is 2.81 bits per heavy atom. The second kappa shape index (κ2) is 8.67. The molecule has 6 heteroatoms. The number of furan rings is 1. The average Bonchev–Trinajstić information content (AvgIpc) is 3.28. The van der Waals surface area contributed by atoms with Crippen LogP contribution in [-0.4, -0.2) is 28.1 Å². The van der Waals surface area contributed by atoms with Crippen LogP contribution in [0.4, 0.5) is 4.39 Å². The highest BCUT2D eigenvalue weighted by Crippen LogP contribution is 2.20. The Labute approximate surface area is 153 Å². The van der Waals surface area contributed by atoms with Crippen LogP contribution in [0.1, 0.15) is 23.5 Å². The number of hydrogen-bond donors (Lipinski definition) is 0.